The molecule has 1 rings (SSSR count). The molecule has 0 N–H and O–H groups in total. The van der Waals surface area contributed by atoms with Crippen molar-refractivity contribution in [2.75, 3.05) is 6.26 Å². The number of hydrogen-bond acceptors (Lipinski definition) is 4. The minimum absolute atomic E-state index is 0.380. The molecule has 0 saturated carbocycles. The van der Waals surface area contributed by atoms with Crippen molar-refractivity contribution in [1.29, 1.82) is 0 Å². The zero-order valence-corrected chi connectivity index (χ0v) is 8.48. The van der Waals surface area contributed by atoms with E-state index >= 15 is 0 Å². The van der Waals surface area contributed by atoms with E-state index in [-0.39, 0.29) is 5.28 Å². The fraction of sp³-hybridized carbons (Fsp3) is 0.333. The molecule has 1 heterocycles. The fourth-order valence-corrected chi connectivity index (χ4v) is 1.81. The molecular weight excluding hydrogens is 238 g/mol. The summed E-state index contributed by atoms with van der Waals surface area (Å²) in [5, 5.41) is -1.11. The maximum atomic E-state index is 12.3. The molecule has 0 bridgehead atoms. The first-order valence-electron chi connectivity index (χ1n) is 3.33. The van der Waals surface area contributed by atoms with Crippen LogP contribution in [0, 0.1) is 0 Å². The van der Waals surface area contributed by atoms with Gasteiger partial charge in [0.2, 0.25) is 5.28 Å². The van der Waals surface area contributed by atoms with Crippen LogP contribution in [0.5, 0.6) is 0 Å². The smallest absolute Gasteiger partial charge is 0.226 e. The van der Waals surface area contributed by atoms with Crippen molar-refractivity contribution in [2.45, 2.75) is 11.5 Å². The third-order valence-electron chi connectivity index (χ3n) is 1.34. The third kappa shape index (κ3) is 2.36. The maximum absolute atomic E-state index is 12.3. The van der Waals surface area contributed by atoms with Gasteiger partial charge < -0.3 is 0 Å². The van der Waals surface area contributed by atoms with Gasteiger partial charge in [-0.05, 0) is 11.6 Å². The van der Waals surface area contributed by atoms with Crippen LogP contribution >= 0.6 is 11.6 Å². The summed E-state index contributed by atoms with van der Waals surface area (Å²) in [6, 6.07) is 0. The predicted molar refractivity (Wildman–Crippen MR) is 45.1 cm³/mol. The topological polar surface area (TPSA) is 59.9 Å². The van der Waals surface area contributed by atoms with Gasteiger partial charge in [0, 0.05) is 12.5 Å². The molecule has 0 spiro atoms. The summed E-state index contributed by atoms with van der Waals surface area (Å²) in [6.45, 7) is 0. The van der Waals surface area contributed by atoms with Crippen molar-refractivity contribution >= 4 is 21.4 Å². The Morgan fingerprint density at radius 1 is 1.50 bits per heavy atom. The standard InChI is InChI=1S/C6H5ClF2N2O2S/c1-14(12,13)5-3(4(8)9)2-10-6(7)11-5/h2,4H,1H3. The van der Waals surface area contributed by atoms with Gasteiger partial charge in [0.15, 0.2) is 14.9 Å². The predicted octanol–water partition coefficient (Wildman–Crippen LogP) is 1.47. The van der Waals surface area contributed by atoms with E-state index in [1.165, 1.54) is 0 Å². The lowest BCUT2D eigenvalue weighted by atomic mass is 10.4. The number of alkyl halides is 2. The van der Waals surface area contributed by atoms with E-state index in [2.05, 4.69) is 9.97 Å². The minimum Gasteiger partial charge on any atom is -0.226 e. The van der Waals surface area contributed by atoms with Gasteiger partial charge in [-0.15, -0.1) is 0 Å². The summed E-state index contributed by atoms with van der Waals surface area (Å²) in [6.07, 6.45) is -1.47. The molecule has 0 aliphatic rings. The second kappa shape index (κ2) is 3.74. The van der Waals surface area contributed by atoms with Crippen molar-refractivity contribution in [3.05, 3.63) is 17.0 Å². The van der Waals surface area contributed by atoms with E-state index in [1.54, 1.807) is 0 Å². The van der Waals surface area contributed by atoms with E-state index in [9.17, 15) is 17.2 Å². The van der Waals surface area contributed by atoms with Crippen LogP contribution in [0.2, 0.25) is 5.28 Å². The summed E-state index contributed by atoms with van der Waals surface area (Å²) >= 11 is 5.30. The lowest BCUT2D eigenvalue weighted by Gasteiger charge is -2.04. The van der Waals surface area contributed by atoms with Crippen LogP contribution in [0.3, 0.4) is 0 Å². The average Bonchev–Trinajstić information content (AvgIpc) is 2.01. The first-order valence-corrected chi connectivity index (χ1v) is 5.60. The largest absolute Gasteiger partial charge is 0.268 e. The van der Waals surface area contributed by atoms with Gasteiger partial charge in [0.05, 0.1) is 5.56 Å². The molecule has 14 heavy (non-hydrogen) atoms. The second-order valence-electron chi connectivity index (χ2n) is 2.47. The Morgan fingerprint density at radius 2 is 2.07 bits per heavy atom. The molecule has 1 aromatic heterocycles. The third-order valence-corrected chi connectivity index (χ3v) is 2.55. The number of hydrogen-bond donors (Lipinski definition) is 0. The summed E-state index contributed by atoms with van der Waals surface area (Å²) in [7, 11) is -3.82. The highest BCUT2D eigenvalue weighted by molar-refractivity contribution is 7.90. The van der Waals surface area contributed by atoms with Gasteiger partial charge >= 0.3 is 0 Å². The molecule has 8 heteroatoms. The molecule has 4 nitrogen and oxygen atoms in total. The number of nitrogens with zero attached hydrogens (tertiary/aromatic N) is 2. The summed E-state index contributed by atoms with van der Waals surface area (Å²) in [4.78, 5) is 6.54. The number of sulfone groups is 1. The van der Waals surface area contributed by atoms with Crippen molar-refractivity contribution in [3.8, 4) is 0 Å². The Labute approximate surface area is 83.9 Å². The van der Waals surface area contributed by atoms with Gasteiger partial charge in [-0.2, -0.15) is 0 Å². The monoisotopic (exact) mass is 242 g/mol. The zero-order chi connectivity index (χ0) is 10.9. The Morgan fingerprint density at radius 3 is 2.50 bits per heavy atom. The van der Waals surface area contributed by atoms with E-state index in [1.807, 2.05) is 0 Å². The molecule has 0 saturated heterocycles. The SMILES string of the molecule is CS(=O)(=O)c1nc(Cl)ncc1C(F)F. The highest BCUT2D eigenvalue weighted by atomic mass is 35.5. The van der Waals surface area contributed by atoms with Crippen LogP contribution in [0.4, 0.5) is 8.78 Å². The number of aromatic nitrogens is 2. The molecule has 0 amide bonds. The van der Waals surface area contributed by atoms with Crippen LogP contribution in [0.25, 0.3) is 0 Å². The second-order valence-corrected chi connectivity index (χ2v) is 4.74. The number of halogens is 3. The molecule has 1 aromatic rings. The van der Waals surface area contributed by atoms with Gasteiger partial charge in [0.1, 0.15) is 0 Å². The molecule has 0 aliphatic heterocycles. The summed E-state index contributed by atoms with van der Waals surface area (Å²) in [5.74, 6) is 0. The van der Waals surface area contributed by atoms with Crippen molar-refractivity contribution in [3.63, 3.8) is 0 Å². The Hall–Kier alpha value is -0.820. The number of rotatable bonds is 2. The van der Waals surface area contributed by atoms with Gasteiger partial charge in [0.25, 0.3) is 6.43 Å². The molecular formula is C6H5ClF2N2O2S. The molecule has 0 atom stereocenters. The van der Waals surface area contributed by atoms with E-state index in [0.29, 0.717) is 6.20 Å². The van der Waals surface area contributed by atoms with Crippen LogP contribution in [0.15, 0.2) is 11.2 Å². The van der Waals surface area contributed by atoms with Gasteiger partial charge in [-0.25, -0.2) is 27.2 Å². The van der Waals surface area contributed by atoms with Gasteiger partial charge in [-0.3, -0.25) is 0 Å². The first kappa shape index (κ1) is 11.3. The van der Waals surface area contributed by atoms with Crippen LogP contribution in [-0.2, 0) is 9.84 Å². The molecule has 0 aromatic carbocycles. The molecule has 78 valence electrons. The Kier molecular flexibility index (Phi) is 3.01. The molecule has 0 unspecified atom stereocenters. The highest BCUT2D eigenvalue weighted by Crippen LogP contribution is 2.24. The summed E-state index contributed by atoms with van der Waals surface area (Å²) < 4.78 is 46.7. The molecule has 0 fully saturated rings. The van der Waals surface area contributed by atoms with E-state index in [0.717, 1.165) is 6.26 Å². The zero-order valence-electron chi connectivity index (χ0n) is 6.91. The average molecular weight is 243 g/mol. The van der Waals surface area contributed by atoms with Crippen LogP contribution in [-0.4, -0.2) is 24.6 Å². The lowest BCUT2D eigenvalue weighted by Crippen LogP contribution is -2.07. The van der Waals surface area contributed by atoms with E-state index in [4.69, 9.17) is 11.6 Å². The van der Waals surface area contributed by atoms with Crippen molar-refractivity contribution < 1.29 is 17.2 Å². The molecule has 0 aliphatic carbocycles. The summed E-state index contributed by atoms with van der Waals surface area (Å²) in [5.41, 5.74) is -0.739. The van der Waals surface area contributed by atoms with E-state index < -0.39 is 26.9 Å². The minimum atomic E-state index is -3.82. The Balaban J connectivity index is 3.46. The van der Waals surface area contributed by atoms with Crippen molar-refractivity contribution in [1.82, 2.24) is 9.97 Å². The van der Waals surface area contributed by atoms with Gasteiger partial charge in [-0.1, -0.05) is 0 Å². The highest BCUT2D eigenvalue weighted by Gasteiger charge is 2.22. The quantitative estimate of drug-likeness (QED) is 0.582. The fourth-order valence-electron chi connectivity index (χ4n) is 0.802. The van der Waals surface area contributed by atoms with Crippen molar-refractivity contribution in [2.24, 2.45) is 0 Å². The Bertz CT molecular complexity index is 449. The van der Waals surface area contributed by atoms with Crippen LogP contribution < -0.4 is 0 Å². The first-order chi connectivity index (χ1) is 6.32. The van der Waals surface area contributed by atoms with Crippen LogP contribution in [0.1, 0.15) is 12.0 Å². The normalized spacial score (nSPS) is 12.1. The maximum Gasteiger partial charge on any atom is 0.268 e. The molecule has 0 radical (unpaired) electrons. The lowest BCUT2D eigenvalue weighted by molar-refractivity contribution is 0.146.